The van der Waals surface area contributed by atoms with Crippen LogP contribution in [0.2, 0.25) is 5.02 Å². The zero-order valence-corrected chi connectivity index (χ0v) is 19.1. The molecule has 5 nitrogen and oxygen atoms in total. The van der Waals surface area contributed by atoms with Gasteiger partial charge in [-0.1, -0.05) is 30.7 Å². The van der Waals surface area contributed by atoms with Gasteiger partial charge in [-0.05, 0) is 60.5 Å². The first-order chi connectivity index (χ1) is 15.1. The maximum absolute atomic E-state index is 13.0. The Morgan fingerprint density at radius 1 is 1.10 bits per heavy atom. The second-order valence-corrected chi connectivity index (χ2v) is 8.66. The number of rotatable bonds is 8. The second kappa shape index (κ2) is 9.64. The number of nitrogens with zero attached hydrogens (tertiary/aromatic N) is 3. The summed E-state index contributed by atoms with van der Waals surface area (Å²) in [6.07, 6.45) is 1.02. The lowest BCUT2D eigenvalue weighted by atomic mass is 10.1. The Balaban J connectivity index is 1.60. The van der Waals surface area contributed by atoms with Crippen LogP contribution >= 0.6 is 22.9 Å². The van der Waals surface area contributed by atoms with E-state index in [1.54, 1.807) is 17.6 Å². The molecule has 160 valence electrons. The highest BCUT2D eigenvalue weighted by molar-refractivity contribution is 7.15. The third-order valence-corrected chi connectivity index (χ3v) is 6.17. The van der Waals surface area contributed by atoms with E-state index in [9.17, 15) is 4.79 Å². The number of hydrogen-bond acceptors (Lipinski definition) is 5. The van der Waals surface area contributed by atoms with Gasteiger partial charge in [0.05, 0.1) is 18.5 Å². The Morgan fingerprint density at radius 2 is 1.84 bits per heavy atom. The minimum absolute atomic E-state index is 0.0602. The zero-order valence-electron chi connectivity index (χ0n) is 17.5. The van der Waals surface area contributed by atoms with E-state index in [2.05, 4.69) is 11.8 Å². The first-order valence-corrected chi connectivity index (χ1v) is 11.4. The summed E-state index contributed by atoms with van der Waals surface area (Å²) in [6.45, 7) is 4.48. The van der Waals surface area contributed by atoms with Crippen LogP contribution in [-0.2, 0) is 13.1 Å². The Hall–Kier alpha value is -2.67. The maximum atomic E-state index is 13.0. The first kappa shape index (κ1) is 21.6. The van der Waals surface area contributed by atoms with Crippen LogP contribution in [0.25, 0.3) is 16.2 Å². The van der Waals surface area contributed by atoms with Crippen LogP contribution < -0.4 is 10.3 Å². The summed E-state index contributed by atoms with van der Waals surface area (Å²) in [5.41, 5.74) is 3.72. The van der Waals surface area contributed by atoms with E-state index >= 15 is 0 Å². The minimum atomic E-state index is -0.0602. The van der Waals surface area contributed by atoms with Crippen molar-refractivity contribution < 1.29 is 4.74 Å². The van der Waals surface area contributed by atoms with Gasteiger partial charge in [0.15, 0.2) is 4.96 Å². The third kappa shape index (κ3) is 4.98. The molecule has 31 heavy (non-hydrogen) atoms. The molecule has 0 N–H and O–H groups in total. The number of methoxy groups -OCH3 is 1. The summed E-state index contributed by atoms with van der Waals surface area (Å²) in [5.74, 6) is 0.785. The fourth-order valence-corrected chi connectivity index (χ4v) is 4.66. The van der Waals surface area contributed by atoms with Crippen molar-refractivity contribution in [2.24, 2.45) is 0 Å². The molecule has 4 aromatic rings. The maximum Gasteiger partial charge on any atom is 0.259 e. The Morgan fingerprint density at radius 3 is 2.52 bits per heavy atom. The van der Waals surface area contributed by atoms with E-state index in [1.807, 2.05) is 53.9 Å². The quantitative estimate of drug-likeness (QED) is 0.353. The van der Waals surface area contributed by atoms with Crippen molar-refractivity contribution in [3.05, 3.63) is 86.6 Å². The highest BCUT2D eigenvalue weighted by Gasteiger charge is 2.13. The standard InChI is InChI=1S/C24H24ClN3O2S/c1-3-12-27(14-17-4-8-19(25)9-5-17)15-20-13-23(29)28-22(16-31-24(28)26-20)18-6-10-21(30-2)11-7-18/h4-11,13,16H,3,12,14-15H2,1-2H3. The molecule has 0 radical (unpaired) electrons. The molecule has 0 fully saturated rings. The number of benzene rings is 2. The van der Waals surface area contributed by atoms with E-state index in [0.717, 1.165) is 47.2 Å². The molecule has 7 heteroatoms. The fraction of sp³-hybridized carbons (Fsp3) is 0.250. The van der Waals surface area contributed by atoms with E-state index < -0.39 is 0 Å². The van der Waals surface area contributed by atoms with Crippen LogP contribution in [0.15, 0.2) is 64.8 Å². The number of aromatic nitrogens is 2. The van der Waals surface area contributed by atoms with Gasteiger partial charge in [-0.3, -0.25) is 14.1 Å². The summed E-state index contributed by atoms with van der Waals surface area (Å²) in [6, 6.07) is 17.2. The number of ether oxygens (including phenoxy) is 1. The van der Waals surface area contributed by atoms with Crippen molar-refractivity contribution in [3.63, 3.8) is 0 Å². The number of hydrogen-bond donors (Lipinski definition) is 0. The molecule has 2 aromatic carbocycles. The monoisotopic (exact) mass is 453 g/mol. The molecule has 0 amide bonds. The average Bonchev–Trinajstić information content (AvgIpc) is 3.20. The van der Waals surface area contributed by atoms with Gasteiger partial charge in [-0.25, -0.2) is 4.98 Å². The van der Waals surface area contributed by atoms with Crippen molar-refractivity contribution in [1.29, 1.82) is 0 Å². The molecule has 0 spiro atoms. The molecule has 0 aliphatic heterocycles. The Labute approximate surface area is 190 Å². The Kier molecular flexibility index (Phi) is 6.70. The SMILES string of the molecule is CCCN(Cc1ccc(Cl)cc1)Cc1cc(=O)n2c(-c3ccc(OC)cc3)csc2n1. The molecule has 2 aromatic heterocycles. The van der Waals surface area contributed by atoms with Gasteiger partial charge in [0, 0.05) is 29.6 Å². The lowest BCUT2D eigenvalue weighted by molar-refractivity contribution is 0.254. The van der Waals surface area contributed by atoms with Crippen LogP contribution in [0.5, 0.6) is 5.75 Å². The molecule has 0 bridgehead atoms. The summed E-state index contributed by atoms with van der Waals surface area (Å²) in [5, 5.41) is 2.71. The lowest BCUT2D eigenvalue weighted by Crippen LogP contribution is -2.26. The molecular weight excluding hydrogens is 430 g/mol. The second-order valence-electron chi connectivity index (χ2n) is 7.39. The number of halogens is 1. The van der Waals surface area contributed by atoms with Crippen molar-refractivity contribution in [3.8, 4) is 17.0 Å². The van der Waals surface area contributed by atoms with E-state index in [4.69, 9.17) is 21.3 Å². The summed E-state index contributed by atoms with van der Waals surface area (Å²) < 4.78 is 6.91. The van der Waals surface area contributed by atoms with Crippen LogP contribution in [0, 0.1) is 0 Å². The minimum Gasteiger partial charge on any atom is -0.497 e. The van der Waals surface area contributed by atoms with Crippen LogP contribution in [0.3, 0.4) is 0 Å². The fourth-order valence-electron chi connectivity index (χ4n) is 3.62. The van der Waals surface area contributed by atoms with E-state index in [1.165, 1.54) is 16.9 Å². The van der Waals surface area contributed by atoms with Gasteiger partial charge in [-0.15, -0.1) is 11.3 Å². The molecule has 0 aliphatic carbocycles. The van der Waals surface area contributed by atoms with Crippen LogP contribution in [0.4, 0.5) is 0 Å². The average molecular weight is 454 g/mol. The topological polar surface area (TPSA) is 46.8 Å². The normalized spacial score (nSPS) is 11.4. The third-order valence-electron chi connectivity index (χ3n) is 5.09. The van der Waals surface area contributed by atoms with Crippen molar-refractivity contribution in [1.82, 2.24) is 14.3 Å². The molecule has 0 unspecified atom stereocenters. The van der Waals surface area contributed by atoms with Gasteiger partial charge in [0.25, 0.3) is 5.56 Å². The van der Waals surface area contributed by atoms with Crippen LogP contribution in [0.1, 0.15) is 24.6 Å². The Bertz CT molecular complexity index is 1220. The number of thiazole rings is 1. The van der Waals surface area contributed by atoms with Gasteiger partial charge in [-0.2, -0.15) is 0 Å². The smallest absolute Gasteiger partial charge is 0.259 e. The van der Waals surface area contributed by atoms with Gasteiger partial charge in [0.2, 0.25) is 0 Å². The summed E-state index contributed by atoms with van der Waals surface area (Å²) in [4.78, 5) is 20.8. The molecule has 4 rings (SSSR count). The molecule has 0 atom stereocenters. The molecule has 0 aliphatic rings. The van der Waals surface area contributed by atoms with Crippen molar-refractivity contribution >= 4 is 27.9 Å². The van der Waals surface area contributed by atoms with Gasteiger partial charge < -0.3 is 4.74 Å². The zero-order chi connectivity index (χ0) is 21.8. The molecular formula is C24H24ClN3O2S. The largest absolute Gasteiger partial charge is 0.497 e. The van der Waals surface area contributed by atoms with Gasteiger partial charge >= 0.3 is 0 Å². The first-order valence-electron chi connectivity index (χ1n) is 10.2. The van der Waals surface area contributed by atoms with Gasteiger partial charge in [0.1, 0.15) is 5.75 Å². The lowest BCUT2D eigenvalue weighted by Gasteiger charge is -2.21. The molecule has 2 heterocycles. The number of fused-ring (bicyclic) bond motifs is 1. The van der Waals surface area contributed by atoms with E-state index in [-0.39, 0.29) is 5.56 Å². The summed E-state index contributed by atoms with van der Waals surface area (Å²) in [7, 11) is 1.64. The highest BCUT2D eigenvalue weighted by atomic mass is 35.5. The predicted molar refractivity (Wildman–Crippen MR) is 127 cm³/mol. The van der Waals surface area contributed by atoms with E-state index in [0.29, 0.717) is 11.5 Å². The molecule has 0 saturated heterocycles. The van der Waals surface area contributed by atoms with Crippen molar-refractivity contribution in [2.75, 3.05) is 13.7 Å². The predicted octanol–water partition coefficient (Wildman–Crippen LogP) is 5.50. The van der Waals surface area contributed by atoms with Crippen molar-refractivity contribution in [2.45, 2.75) is 26.4 Å². The van der Waals surface area contributed by atoms with Crippen LogP contribution in [-0.4, -0.2) is 27.9 Å². The highest BCUT2D eigenvalue weighted by Crippen LogP contribution is 2.26. The molecule has 0 saturated carbocycles. The summed E-state index contributed by atoms with van der Waals surface area (Å²) >= 11 is 7.49.